The highest BCUT2D eigenvalue weighted by molar-refractivity contribution is 7.92. The zero-order valence-corrected chi connectivity index (χ0v) is 15.5. The fourth-order valence-corrected chi connectivity index (χ4v) is 3.38. The Morgan fingerprint density at radius 1 is 1.12 bits per heavy atom. The molecule has 2 N–H and O–H groups in total. The molecular formula is C18H22N2O4S. The van der Waals surface area contributed by atoms with Crippen LogP contribution < -0.4 is 14.8 Å². The first-order valence-electron chi connectivity index (χ1n) is 7.82. The van der Waals surface area contributed by atoms with Crippen LogP contribution in [0.3, 0.4) is 0 Å². The number of anilines is 1. The van der Waals surface area contributed by atoms with Crippen LogP contribution in [0.2, 0.25) is 0 Å². The van der Waals surface area contributed by atoms with E-state index in [4.69, 9.17) is 4.74 Å². The first-order valence-corrected chi connectivity index (χ1v) is 9.30. The van der Waals surface area contributed by atoms with E-state index < -0.39 is 10.0 Å². The lowest BCUT2D eigenvalue weighted by atomic mass is 10.1. The number of hydrogen-bond acceptors (Lipinski definition) is 4. The van der Waals surface area contributed by atoms with Gasteiger partial charge in [-0.05, 0) is 50.6 Å². The number of hydrogen-bond donors (Lipinski definition) is 2. The number of carbonyl (C=O) groups excluding carboxylic acids is 1. The number of nitrogens with one attached hydrogen (secondary N) is 2. The number of methoxy groups -OCH3 is 1. The molecule has 0 radical (unpaired) electrons. The van der Waals surface area contributed by atoms with Crippen molar-refractivity contribution < 1.29 is 17.9 Å². The largest absolute Gasteiger partial charge is 0.495 e. The van der Waals surface area contributed by atoms with Gasteiger partial charge in [0.2, 0.25) is 0 Å². The van der Waals surface area contributed by atoms with E-state index >= 15 is 0 Å². The summed E-state index contributed by atoms with van der Waals surface area (Å²) in [5.74, 6) is 0.109. The number of aryl methyl sites for hydroxylation is 1. The van der Waals surface area contributed by atoms with Crippen molar-refractivity contribution in [2.24, 2.45) is 0 Å². The van der Waals surface area contributed by atoms with Gasteiger partial charge < -0.3 is 10.1 Å². The Bertz CT molecular complexity index is 876. The molecule has 0 atom stereocenters. The second-order valence-electron chi connectivity index (χ2n) is 5.91. The Kier molecular flexibility index (Phi) is 5.69. The van der Waals surface area contributed by atoms with Crippen molar-refractivity contribution in [2.45, 2.75) is 31.7 Å². The molecule has 0 heterocycles. The van der Waals surface area contributed by atoms with Gasteiger partial charge in [-0.2, -0.15) is 0 Å². The highest BCUT2D eigenvalue weighted by Crippen LogP contribution is 2.26. The summed E-state index contributed by atoms with van der Waals surface area (Å²) < 4.78 is 33.0. The summed E-state index contributed by atoms with van der Waals surface area (Å²) in [5.41, 5.74) is 1.37. The molecule has 2 aromatic rings. The van der Waals surface area contributed by atoms with Crippen molar-refractivity contribution in [3.05, 3.63) is 53.6 Å². The smallest absolute Gasteiger partial charge is 0.262 e. The molecule has 0 unspecified atom stereocenters. The summed E-state index contributed by atoms with van der Waals surface area (Å²) in [6.07, 6.45) is 0. The van der Waals surface area contributed by atoms with E-state index in [1.165, 1.54) is 19.2 Å². The Labute approximate surface area is 148 Å². The lowest BCUT2D eigenvalue weighted by Gasteiger charge is -2.14. The number of rotatable bonds is 6. The van der Waals surface area contributed by atoms with Gasteiger partial charge in [0.15, 0.2) is 0 Å². The van der Waals surface area contributed by atoms with Crippen LogP contribution in [0.1, 0.15) is 29.8 Å². The van der Waals surface area contributed by atoms with Crippen LogP contribution in [-0.2, 0) is 10.0 Å². The third-order valence-corrected chi connectivity index (χ3v) is 4.90. The van der Waals surface area contributed by atoms with Crippen molar-refractivity contribution in [3.8, 4) is 5.75 Å². The third-order valence-electron chi connectivity index (χ3n) is 3.54. The van der Waals surface area contributed by atoms with Crippen LogP contribution >= 0.6 is 0 Å². The minimum Gasteiger partial charge on any atom is -0.495 e. The second kappa shape index (κ2) is 7.57. The zero-order chi connectivity index (χ0) is 18.6. The number of sulfonamides is 1. The summed E-state index contributed by atoms with van der Waals surface area (Å²) in [6.45, 7) is 5.45. The van der Waals surface area contributed by atoms with Gasteiger partial charge in [0.25, 0.3) is 15.9 Å². The summed E-state index contributed by atoms with van der Waals surface area (Å²) in [4.78, 5) is 12.3. The number of ether oxygens (including phenoxy) is 1. The van der Waals surface area contributed by atoms with Gasteiger partial charge in [0, 0.05) is 11.6 Å². The quantitative estimate of drug-likeness (QED) is 0.827. The maximum absolute atomic E-state index is 12.7. The van der Waals surface area contributed by atoms with Gasteiger partial charge in [0.05, 0.1) is 17.7 Å². The van der Waals surface area contributed by atoms with Crippen LogP contribution in [0.15, 0.2) is 47.4 Å². The molecule has 6 nitrogen and oxygen atoms in total. The van der Waals surface area contributed by atoms with Crippen LogP contribution in [0, 0.1) is 6.92 Å². The highest BCUT2D eigenvalue weighted by Gasteiger charge is 2.19. The molecule has 134 valence electrons. The molecule has 0 spiro atoms. The van der Waals surface area contributed by atoms with Gasteiger partial charge in [-0.15, -0.1) is 0 Å². The molecular weight excluding hydrogens is 340 g/mol. The molecule has 0 aliphatic carbocycles. The number of para-hydroxylation sites is 2. The normalized spacial score (nSPS) is 11.2. The van der Waals surface area contributed by atoms with Crippen molar-refractivity contribution in [1.29, 1.82) is 0 Å². The fraction of sp³-hybridized carbons (Fsp3) is 0.278. The molecule has 0 aliphatic rings. The SMILES string of the molecule is COc1ccccc1NS(=O)(=O)c1ccc(C)c(C(=O)NC(C)C)c1. The first kappa shape index (κ1) is 18.8. The molecule has 1 amide bonds. The molecule has 2 rings (SSSR count). The zero-order valence-electron chi connectivity index (χ0n) is 14.7. The minimum absolute atomic E-state index is 0.0120. The van der Waals surface area contributed by atoms with Crippen molar-refractivity contribution in [1.82, 2.24) is 5.32 Å². The second-order valence-corrected chi connectivity index (χ2v) is 7.59. The van der Waals surface area contributed by atoms with E-state index in [2.05, 4.69) is 10.0 Å². The van der Waals surface area contributed by atoms with Crippen molar-refractivity contribution in [2.75, 3.05) is 11.8 Å². The van der Waals surface area contributed by atoms with Gasteiger partial charge in [-0.3, -0.25) is 9.52 Å². The third kappa shape index (κ3) is 4.51. The number of amides is 1. The summed E-state index contributed by atoms with van der Waals surface area (Å²) in [5, 5.41) is 2.77. The summed E-state index contributed by atoms with van der Waals surface area (Å²) >= 11 is 0. The topological polar surface area (TPSA) is 84.5 Å². The summed E-state index contributed by atoms with van der Waals surface area (Å²) in [7, 11) is -2.39. The average molecular weight is 362 g/mol. The predicted octanol–water partition coefficient (Wildman–Crippen LogP) is 2.94. The molecule has 0 bridgehead atoms. The molecule has 0 saturated heterocycles. The van der Waals surface area contributed by atoms with E-state index in [1.807, 2.05) is 13.8 Å². The molecule has 0 fully saturated rings. The molecule has 2 aromatic carbocycles. The van der Waals surface area contributed by atoms with Gasteiger partial charge in [-0.1, -0.05) is 18.2 Å². The molecule has 0 aliphatic heterocycles. The number of benzene rings is 2. The Morgan fingerprint density at radius 2 is 1.80 bits per heavy atom. The molecule has 0 aromatic heterocycles. The van der Waals surface area contributed by atoms with Gasteiger partial charge in [0.1, 0.15) is 5.75 Å². The first-order chi connectivity index (χ1) is 11.7. The molecule has 0 saturated carbocycles. The lowest BCUT2D eigenvalue weighted by molar-refractivity contribution is 0.0942. The van der Waals surface area contributed by atoms with Crippen LogP contribution in [-0.4, -0.2) is 27.5 Å². The van der Waals surface area contributed by atoms with E-state index in [0.29, 0.717) is 22.6 Å². The fourth-order valence-electron chi connectivity index (χ4n) is 2.29. The number of carbonyl (C=O) groups is 1. The van der Waals surface area contributed by atoms with E-state index in [9.17, 15) is 13.2 Å². The van der Waals surface area contributed by atoms with E-state index in [-0.39, 0.29) is 16.8 Å². The average Bonchev–Trinajstić information content (AvgIpc) is 2.54. The maximum atomic E-state index is 12.7. The van der Waals surface area contributed by atoms with Crippen molar-refractivity contribution in [3.63, 3.8) is 0 Å². The summed E-state index contributed by atoms with van der Waals surface area (Å²) in [6, 6.07) is 11.1. The van der Waals surface area contributed by atoms with Crippen LogP contribution in [0.25, 0.3) is 0 Å². The predicted molar refractivity (Wildman–Crippen MR) is 97.6 cm³/mol. The van der Waals surface area contributed by atoms with E-state index in [0.717, 1.165) is 0 Å². The van der Waals surface area contributed by atoms with Gasteiger partial charge in [-0.25, -0.2) is 8.42 Å². The molecule has 7 heteroatoms. The Hall–Kier alpha value is -2.54. The maximum Gasteiger partial charge on any atom is 0.262 e. The lowest BCUT2D eigenvalue weighted by Crippen LogP contribution is -2.30. The minimum atomic E-state index is -3.86. The van der Waals surface area contributed by atoms with Crippen LogP contribution in [0.4, 0.5) is 5.69 Å². The Balaban J connectivity index is 2.38. The van der Waals surface area contributed by atoms with Crippen LogP contribution in [0.5, 0.6) is 5.75 Å². The highest BCUT2D eigenvalue weighted by atomic mass is 32.2. The monoisotopic (exact) mass is 362 g/mol. The van der Waals surface area contributed by atoms with Gasteiger partial charge >= 0.3 is 0 Å². The standard InChI is InChI=1S/C18H22N2O4S/c1-12(2)19-18(21)15-11-14(10-9-13(15)3)25(22,23)20-16-7-5-6-8-17(16)24-4/h5-12,20H,1-4H3,(H,19,21). The Morgan fingerprint density at radius 3 is 2.44 bits per heavy atom. The molecule has 25 heavy (non-hydrogen) atoms. The van der Waals surface area contributed by atoms with Crippen molar-refractivity contribution >= 4 is 21.6 Å². The van der Waals surface area contributed by atoms with E-state index in [1.54, 1.807) is 37.3 Å².